The predicted octanol–water partition coefficient (Wildman–Crippen LogP) is 2.83. The lowest BCUT2D eigenvalue weighted by Gasteiger charge is -2.08. The van der Waals surface area contributed by atoms with Crippen LogP contribution in [0.4, 0.5) is 0 Å². The number of carbonyl (C=O) groups excluding carboxylic acids is 1. The van der Waals surface area contributed by atoms with Gasteiger partial charge in [-0.25, -0.2) is 4.98 Å². The average Bonchev–Trinajstić information content (AvgIpc) is 3.00. The van der Waals surface area contributed by atoms with Crippen molar-refractivity contribution < 1.29 is 4.79 Å². The Morgan fingerprint density at radius 1 is 1.24 bits per heavy atom. The number of nitrogens with zero attached hydrogens (tertiary/aromatic N) is 1. The van der Waals surface area contributed by atoms with Gasteiger partial charge in [-0.15, -0.1) is 0 Å². The van der Waals surface area contributed by atoms with Gasteiger partial charge in [0.1, 0.15) is 5.82 Å². The molecule has 3 rings (SSSR count). The first-order chi connectivity index (χ1) is 12.1. The van der Waals surface area contributed by atoms with Crippen molar-refractivity contribution in [1.82, 2.24) is 20.3 Å². The maximum atomic E-state index is 12.3. The van der Waals surface area contributed by atoms with Crippen molar-refractivity contribution in [2.24, 2.45) is 0 Å². The number of benzene rings is 1. The van der Waals surface area contributed by atoms with E-state index in [1.54, 1.807) is 6.07 Å². The molecule has 1 aromatic carbocycles. The summed E-state index contributed by atoms with van der Waals surface area (Å²) in [7, 11) is 0. The fourth-order valence-corrected chi connectivity index (χ4v) is 2.89. The molecule has 0 unspecified atom stereocenters. The summed E-state index contributed by atoms with van der Waals surface area (Å²) in [5.41, 5.74) is 2.76. The summed E-state index contributed by atoms with van der Waals surface area (Å²) in [6, 6.07) is 8.47. The van der Waals surface area contributed by atoms with Crippen molar-refractivity contribution in [1.29, 1.82) is 0 Å². The fourth-order valence-electron chi connectivity index (χ4n) is 2.71. The van der Waals surface area contributed by atoms with E-state index in [0.29, 0.717) is 29.2 Å². The van der Waals surface area contributed by atoms with Crippen LogP contribution in [0.2, 0.25) is 5.02 Å². The zero-order valence-corrected chi connectivity index (χ0v) is 14.6. The van der Waals surface area contributed by atoms with Crippen LogP contribution in [0.25, 0.3) is 11.0 Å². The van der Waals surface area contributed by atoms with E-state index in [2.05, 4.69) is 20.3 Å². The molecule has 130 valence electrons. The number of aromatic nitrogens is 3. The second-order valence-corrected chi connectivity index (χ2v) is 6.21. The molecule has 0 aliphatic rings. The van der Waals surface area contributed by atoms with Gasteiger partial charge in [0.25, 0.3) is 5.91 Å². The molecule has 0 aliphatic carbocycles. The highest BCUT2D eigenvalue weighted by atomic mass is 35.5. The molecule has 0 bridgehead atoms. The van der Waals surface area contributed by atoms with E-state index in [0.717, 1.165) is 29.7 Å². The van der Waals surface area contributed by atoms with Crippen molar-refractivity contribution >= 4 is 28.5 Å². The van der Waals surface area contributed by atoms with Crippen LogP contribution < -0.4 is 10.9 Å². The molecule has 0 saturated carbocycles. The first-order valence-electron chi connectivity index (χ1n) is 8.21. The highest BCUT2D eigenvalue weighted by molar-refractivity contribution is 6.31. The summed E-state index contributed by atoms with van der Waals surface area (Å²) in [5.74, 6) is 0.689. The lowest BCUT2D eigenvalue weighted by molar-refractivity contribution is 0.0951. The van der Waals surface area contributed by atoms with Crippen LogP contribution in [0.15, 0.2) is 35.1 Å². The van der Waals surface area contributed by atoms with Crippen LogP contribution in [0.1, 0.15) is 35.2 Å². The third kappa shape index (κ3) is 4.09. The molecule has 6 nitrogen and oxygen atoms in total. The highest BCUT2D eigenvalue weighted by Crippen LogP contribution is 2.17. The number of hydrogen-bond donors (Lipinski definition) is 3. The van der Waals surface area contributed by atoms with Gasteiger partial charge in [-0.05, 0) is 37.1 Å². The number of aryl methyl sites for hydroxylation is 2. The molecule has 2 aromatic heterocycles. The van der Waals surface area contributed by atoms with E-state index in [-0.39, 0.29) is 11.5 Å². The summed E-state index contributed by atoms with van der Waals surface area (Å²) in [4.78, 5) is 34.0. The van der Waals surface area contributed by atoms with Crippen LogP contribution in [0.5, 0.6) is 0 Å². The normalized spacial score (nSPS) is 11.0. The van der Waals surface area contributed by atoms with Crippen molar-refractivity contribution in [3.63, 3.8) is 0 Å². The summed E-state index contributed by atoms with van der Waals surface area (Å²) in [6.45, 7) is 2.43. The van der Waals surface area contributed by atoms with Gasteiger partial charge in [0.2, 0.25) is 5.56 Å². The number of imidazole rings is 1. The molecule has 3 N–H and O–H groups in total. The average molecular weight is 359 g/mol. The molecule has 0 fully saturated rings. The number of aromatic amines is 2. The van der Waals surface area contributed by atoms with Gasteiger partial charge >= 0.3 is 0 Å². The second-order valence-electron chi connectivity index (χ2n) is 5.77. The summed E-state index contributed by atoms with van der Waals surface area (Å²) in [5, 5.41) is 3.55. The van der Waals surface area contributed by atoms with Crippen molar-refractivity contribution in [2.45, 2.75) is 26.2 Å². The molecule has 1 amide bonds. The molecule has 2 heterocycles. The van der Waals surface area contributed by atoms with E-state index < -0.39 is 0 Å². The molecule has 25 heavy (non-hydrogen) atoms. The minimum absolute atomic E-state index is 0.176. The highest BCUT2D eigenvalue weighted by Gasteiger charge is 2.10. The Hall–Kier alpha value is -2.60. The Bertz CT molecular complexity index is 961. The van der Waals surface area contributed by atoms with Crippen LogP contribution in [0.3, 0.4) is 0 Å². The Morgan fingerprint density at radius 3 is 2.88 bits per heavy atom. The van der Waals surface area contributed by atoms with Gasteiger partial charge in [0.15, 0.2) is 0 Å². The molecule has 7 heteroatoms. The van der Waals surface area contributed by atoms with Crippen molar-refractivity contribution in [3.8, 4) is 0 Å². The maximum absolute atomic E-state index is 12.3. The smallest absolute Gasteiger partial charge is 0.253 e. The van der Waals surface area contributed by atoms with Crippen LogP contribution >= 0.6 is 11.6 Å². The molecule has 0 atom stereocenters. The van der Waals surface area contributed by atoms with Crippen molar-refractivity contribution in [3.05, 3.63) is 62.8 Å². The number of rotatable bonds is 6. The topological polar surface area (TPSA) is 90.6 Å². The van der Waals surface area contributed by atoms with E-state index in [9.17, 15) is 9.59 Å². The summed E-state index contributed by atoms with van der Waals surface area (Å²) >= 11 is 5.96. The largest absolute Gasteiger partial charge is 0.352 e. The molecular formula is C18H19ClN4O2. The van der Waals surface area contributed by atoms with Gasteiger partial charge in [-0.1, -0.05) is 18.5 Å². The Kier molecular flexibility index (Phi) is 5.19. The molecular weight excluding hydrogens is 340 g/mol. The summed E-state index contributed by atoms with van der Waals surface area (Å²) in [6.07, 6.45) is 2.07. The standard InChI is InChI=1S/C18H19ClN4O2/c1-2-13-12(6-8-17(24)23-13)18(25)20-9-3-4-16-21-14-7-5-11(19)10-15(14)22-16/h5-8,10H,2-4,9H2,1H3,(H,20,25)(H,21,22)(H,23,24). The van der Waals surface area contributed by atoms with E-state index in [4.69, 9.17) is 11.6 Å². The van der Waals surface area contributed by atoms with Crippen molar-refractivity contribution in [2.75, 3.05) is 6.54 Å². The van der Waals surface area contributed by atoms with E-state index in [1.165, 1.54) is 6.07 Å². The number of fused-ring (bicyclic) bond motifs is 1. The number of hydrogen-bond acceptors (Lipinski definition) is 3. The number of amides is 1. The molecule has 0 saturated heterocycles. The summed E-state index contributed by atoms with van der Waals surface area (Å²) < 4.78 is 0. The third-order valence-electron chi connectivity index (χ3n) is 3.97. The van der Waals surface area contributed by atoms with E-state index in [1.807, 2.05) is 25.1 Å². The SMILES string of the molecule is CCc1[nH]c(=O)ccc1C(=O)NCCCc1nc2ccc(Cl)cc2[nH]1. The second kappa shape index (κ2) is 7.53. The van der Waals surface area contributed by atoms with Gasteiger partial charge < -0.3 is 15.3 Å². The Balaban J connectivity index is 1.55. The molecule has 3 aromatic rings. The van der Waals surface area contributed by atoms with Gasteiger partial charge in [0, 0.05) is 29.7 Å². The monoisotopic (exact) mass is 358 g/mol. The molecule has 0 spiro atoms. The lowest BCUT2D eigenvalue weighted by Crippen LogP contribution is -2.27. The molecule has 0 radical (unpaired) electrons. The lowest BCUT2D eigenvalue weighted by atomic mass is 10.1. The first kappa shape index (κ1) is 17.2. The van der Waals surface area contributed by atoms with Gasteiger partial charge in [-0.3, -0.25) is 9.59 Å². The fraction of sp³-hybridized carbons (Fsp3) is 0.278. The number of H-pyrrole nitrogens is 2. The maximum Gasteiger partial charge on any atom is 0.253 e. The van der Waals surface area contributed by atoms with Crippen LogP contribution in [0, 0.1) is 0 Å². The number of halogens is 1. The van der Waals surface area contributed by atoms with Gasteiger partial charge in [-0.2, -0.15) is 0 Å². The Morgan fingerprint density at radius 2 is 2.08 bits per heavy atom. The third-order valence-corrected chi connectivity index (χ3v) is 4.20. The minimum Gasteiger partial charge on any atom is -0.352 e. The molecule has 0 aliphatic heterocycles. The Labute approximate surface area is 149 Å². The predicted molar refractivity (Wildman–Crippen MR) is 98.2 cm³/mol. The van der Waals surface area contributed by atoms with Crippen LogP contribution in [-0.2, 0) is 12.8 Å². The number of nitrogens with one attached hydrogen (secondary N) is 3. The van der Waals surface area contributed by atoms with Gasteiger partial charge in [0.05, 0.1) is 16.6 Å². The first-order valence-corrected chi connectivity index (χ1v) is 8.59. The van der Waals surface area contributed by atoms with Crippen LogP contribution in [-0.4, -0.2) is 27.4 Å². The zero-order valence-electron chi connectivity index (χ0n) is 13.9. The number of pyridine rings is 1. The zero-order chi connectivity index (χ0) is 17.8. The quantitative estimate of drug-likeness (QED) is 0.592. The van der Waals surface area contributed by atoms with E-state index >= 15 is 0 Å². The minimum atomic E-state index is -0.196. The number of carbonyl (C=O) groups is 1.